The Balaban J connectivity index is 4.61. The van der Waals surface area contributed by atoms with Crippen LogP contribution in [0.4, 0.5) is 0 Å². The van der Waals surface area contributed by atoms with Crippen molar-refractivity contribution in [2.24, 2.45) is 0 Å². The van der Waals surface area contributed by atoms with E-state index in [1.54, 1.807) is 0 Å². The second-order valence-corrected chi connectivity index (χ2v) is 19.7. The number of carbonyl (C=O) groups is 2. The molecule has 0 rings (SSSR count). The van der Waals surface area contributed by atoms with Crippen molar-refractivity contribution in [2.45, 2.75) is 309 Å². The molecule has 0 aromatic carbocycles. The van der Waals surface area contributed by atoms with Crippen LogP contribution in [0.1, 0.15) is 290 Å². The molecule has 0 saturated carbocycles. The molecule has 3 atom stereocenters. The second kappa shape index (κ2) is 54.5. The Hall–Kier alpha value is -2.44. The first kappa shape index (κ1) is 64.6. The van der Waals surface area contributed by atoms with Crippen molar-refractivity contribution >= 4 is 11.9 Å². The summed E-state index contributed by atoms with van der Waals surface area (Å²) in [5.74, 6) is -0.561. The Labute approximate surface area is 416 Å². The Morgan fingerprint density at radius 1 is 0.448 bits per heavy atom. The summed E-state index contributed by atoms with van der Waals surface area (Å²) in [7, 11) is 0. The van der Waals surface area contributed by atoms with Crippen LogP contribution in [-0.4, -0.2) is 46.9 Å². The number of aliphatic hydroxyl groups is 2. The minimum Gasteiger partial charge on any atom is -0.462 e. The quantitative estimate of drug-likeness (QED) is 0.0321. The van der Waals surface area contributed by atoms with Crippen LogP contribution in [0, 0.1) is 0 Å². The van der Waals surface area contributed by atoms with Gasteiger partial charge in [-0.15, -0.1) is 0 Å². The molecule has 0 aliphatic rings. The molecule has 0 radical (unpaired) electrons. The molecule has 6 heteroatoms. The molecule has 0 bridgehead atoms. The maximum Gasteiger partial charge on any atom is 0.306 e. The van der Waals surface area contributed by atoms with E-state index in [0.717, 1.165) is 70.6 Å². The average molecular weight is 939 g/mol. The van der Waals surface area contributed by atoms with Crippen molar-refractivity contribution < 1.29 is 24.5 Å². The van der Waals surface area contributed by atoms with E-state index < -0.39 is 18.2 Å². The van der Waals surface area contributed by atoms with Crippen LogP contribution in [-0.2, 0) is 14.3 Å². The molecule has 0 saturated heterocycles. The molecule has 0 aliphatic carbocycles. The fourth-order valence-electron chi connectivity index (χ4n) is 8.78. The first-order chi connectivity index (χ1) is 33.0. The zero-order valence-electron chi connectivity index (χ0n) is 44.5. The zero-order chi connectivity index (χ0) is 48.8. The lowest BCUT2D eigenvalue weighted by molar-refractivity contribution is -0.150. The molecule has 1 amide bonds. The fourth-order valence-corrected chi connectivity index (χ4v) is 8.78. The molecule has 0 aromatic heterocycles. The van der Waals surface area contributed by atoms with Crippen LogP contribution in [0.25, 0.3) is 0 Å². The maximum absolute atomic E-state index is 13.3. The van der Waals surface area contributed by atoms with Gasteiger partial charge in [-0.3, -0.25) is 9.59 Å². The number of amides is 1. The molecule has 0 aromatic rings. The van der Waals surface area contributed by atoms with E-state index >= 15 is 0 Å². The topological polar surface area (TPSA) is 95.9 Å². The van der Waals surface area contributed by atoms with E-state index in [1.165, 1.54) is 167 Å². The Kier molecular flexibility index (Phi) is 52.5. The number of allylic oxidation sites excluding steroid dienone is 10. The summed E-state index contributed by atoms with van der Waals surface area (Å²) in [6.45, 7) is 6.39. The summed E-state index contributed by atoms with van der Waals surface area (Å²) in [4.78, 5) is 26.2. The number of esters is 1. The van der Waals surface area contributed by atoms with Gasteiger partial charge in [-0.05, 0) is 57.8 Å². The van der Waals surface area contributed by atoms with Crippen molar-refractivity contribution in [3.63, 3.8) is 0 Å². The molecular formula is C61H111NO5. The zero-order valence-corrected chi connectivity index (χ0v) is 44.5. The van der Waals surface area contributed by atoms with Crippen molar-refractivity contribution in [3.05, 3.63) is 60.8 Å². The first-order valence-corrected chi connectivity index (χ1v) is 29.0. The summed E-state index contributed by atoms with van der Waals surface area (Å²) in [5, 5.41) is 23.9. The van der Waals surface area contributed by atoms with Gasteiger partial charge in [0.2, 0.25) is 5.91 Å². The molecule has 0 aliphatic heterocycles. The highest BCUT2D eigenvalue weighted by Crippen LogP contribution is 2.18. The first-order valence-electron chi connectivity index (χ1n) is 29.0. The van der Waals surface area contributed by atoms with Crippen LogP contribution >= 0.6 is 0 Å². The van der Waals surface area contributed by atoms with Crippen molar-refractivity contribution in [1.82, 2.24) is 5.32 Å². The molecule has 0 heterocycles. The van der Waals surface area contributed by atoms with Gasteiger partial charge < -0.3 is 20.3 Å². The van der Waals surface area contributed by atoms with Crippen LogP contribution in [0.15, 0.2) is 60.8 Å². The van der Waals surface area contributed by atoms with Crippen molar-refractivity contribution in [1.29, 1.82) is 0 Å². The standard InChI is InChI=1S/C61H111NO5/c1-4-7-10-13-16-19-22-25-28-30-32-35-38-41-44-47-50-53-59(64)58(56-63)62-60(65)55-57(52-49-46-43-40-37-34-31-27-24-21-18-15-12-9-6-3)67-61(66)54-51-48-45-42-39-36-33-29-26-23-20-17-14-11-8-5-2/h8,11,17,20,26,29,36,39,45,48,57-59,63-64H,4-7,9-10,12-16,18-19,21-25,27-28,30-35,37-38,40-44,46-47,49-56H2,1-3H3,(H,62,65)/b11-8+,20-17+,29-26+,39-36+,48-45+. The highest BCUT2D eigenvalue weighted by atomic mass is 16.5. The summed E-state index contributed by atoms with van der Waals surface area (Å²) in [6, 6.07) is -0.717. The summed E-state index contributed by atoms with van der Waals surface area (Å²) >= 11 is 0. The normalized spacial score (nSPS) is 13.6. The third-order valence-corrected chi connectivity index (χ3v) is 13.1. The van der Waals surface area contributed by atoms with Crippen molar-refractivity contribution in [2.75, 3.05) is 6.61 Å². The number of hydrogen-bond acceptors (Lipinski definition) is 5. The lowest BCUT2D eigenvalue weighted by Crippen LogP contribution is -2.46. The molecule has 6 nitrogen and oxygen atoms in total. The number of nitrogens with one attached hydrogen (secondary N) is 1. The van der Waals surface area contributed by atoms with Crippen LogP contribution in [0.5, 0.6) is 0 Å². The van der Waals surface area contributed by atoms with Crippen molar-refractivity contribution in [3.8, 4) is 0 Å². The number of unbranched alkanes of at least 4 members (excludes halogenated alkanes) is 30. The van der Waals surface area contributed by atoms with Gasteiger partial charge in [0.15, 0.2) is 0 Å². The molecule has 67 heavy (non-hydrogen) atoms. The highest BCUT2D eigenvalue weighted by Gasteiger charge is 2.24. The Morgan fingerprint density at radius 3 is 1.13 bits per heavy atom. The van der Waals surface area contributed by atoms with Gasteiger partial charge in [0.05, 0.1) is 25.2 Å². The van der Waals surface area contributed by atoms with E-state index in [1.807, 2.05) is 6.08 Å². The largest absolute Gasteiger partial charge is 0.462 e. The second-order valence-electron chi connectivity index (χ2n) is 19.7. The lowest BCUT2D eigenvalue weighted by Gasteiger charge is -2.24. The smallest absolute Gasteiger partial charge is 0.306 e. The SMILES string of the molecule is CC/C=C/C/C=C/C/C=C/C/C=C/C/C=C/CCC(=O)OC(CCCCCCCCCCCCCCCCC)CC(=O)NC(CO)C(O)CCCCCCCCCCCCCCCCCCC. The van der Waals surface area contributed by atoms with Gasteiger partial charge in [0.1, 0.15) is 6.10 Å². The predicted molar refractivity (Wildman–Crippen MR) is 292 cm³/mol. The predicted octanol–water partition coefficient (Wildman–Crippen LogP) is 18.0. The molecule has 0 fully saturated rings. The van der Waals surface area contributed by atoms with Gasteiger partial charge in [-0.25, -0.2) is 0 Å². The number of ether oxygens (including phenoxy) is 1. The van der Waals surface area contributed by atoms with Gasteiger partial charge in [-0.2, -0.15) is 0 Å². The minimum atomic E-state index is -0.801. The summed E-state index contributed by atoms with van der Waals surface area (Å²) in [6.07, 6.45) is 68.7. The van der Waals surface area contributed by atoms with Gasteiger partial charge in [0, 0.05) is 6.42 Å². The minimum absolute atomic E-state index is 0.0500. The molecule has 0 spiro atoms. The third kappa shape index (κ3) is 49.8. The van der Waals surface area contributed by atoms with E-state index in [4.69, 9.17) is 4.74 Å². The van der Waals surface area contributed by atoms with Crippen LogP contribution < -0.4 is 5.32 Å². The maximum atomic E-state index is 13.3. The van der Waals surface area contributed by atoms with E-state index in [2.05, 4.69) is 80.8 Å². The fraction of sp³-hybridized carbons (Fsp3) is 0.803. The number of carbonyl (C=O) groups excluding carboxylic acids is 2. The number of hydrogen-bond donors (Lipinski definition) is 3. The summed E-state index contributed by atoms with van der Waals surface area (Å²) in [5.41, 5.74) is 0. The molecular weight excluding hydrogens is 827 g/mol. The van der Waals surface area contributed by atoms with Gasteiger partial charge in [0.25, 0.3) is 0 Å². The highest BCUT2D eigenvalue weighted by molar-refractivity contribution is 5.77. The Bertz CT molecular complexity index is 1190. The Morgan fingerprint density at radius 2 is 0.776 bits per heavy atom. The number of aliphatic hydroxyl groups excluding tert-OH is 2. The average Bonchev–Trinajstić information content (AvgIpc) is 3.32. The monoisotopic (exact) mass is 938 g/mol. The molecule has 3 N–H and O–H groups in total. The molecule has 3 unspecified atom stereocenters. The van der Waals surface area contributed by atoms with E-state index in [0.29, 0.717) is 19.3 Å². The summed E-state index contributed by atoms with van der Waals surface area (Å²) < 4.78 is 5.92. The lowest BCUT2D eigenvalue weighted by atomic mass is 10.0. The van der Waals surface area contributed by atoms with Crippen LogP contribution in [0.3, 0.4) is 0 Å². The van der Waals surface area contributed by atoms with Gasteiger partial charge in [-0.1, -0.05) is 281 Å². The van der Waals surface area contributed by atoms with Gasteiger partial charge >= 0.3 is 5.97 Å². The third-order valence-electron chi connectivity index (χ3n) is 13.1. The van der Waals surface area contributed by atoms with E-state index in [9.17, 15) is 19.8 Å². The number of rotatable bonds is 52. The van der Waals surface area contributed by atoms with E-state index in [-0.39, 0.29) is 31.3 Å². The van der Waals surface area contributed by atoms with Crippen LogP contribution in [0.2, 0.25) is 0 Å². The molecule has 390 valence electrons.